The van der Waals surface area contributed by atoms with Crippen LogP contribution in [0.2, 0.25) is 0 Å². The lowest BCUT2D eigenvalue weighted by Crippen LogP contribution is -2.14. The van der Waals surface area contributed by atoms with Gasteiger partial charge in [0.1, 0.15) is 0 Å². The lowest BCUT2D eigenvalue weighted by atomic mass is 10.2. The molecule has 0 aliphatic rings. The smallest absolute Gasteiger partial charge is 0.257 e. The molecule has 1 amide bonds. The van der Waals surface area contributed by atoms with Crippen molar-refractivity contribution in [2.45, 2.75) is 6.92 Å². The molecule has 0 saturated heterocycles. The molecule has 3 aromatic rings. The Hall–Kier alpha value is -3.35. The molecule has 0 fully saturated rings. The molecule has 1 heterocycles. The van der Waals surface area contributed by atoms with Gasteiger partial charge in [0.15, 0.2) is 17.5 Å². The summed E-state index contributed by atoms with van der Waals surface area (Å²) in [6, 6.07) is 10.8. The Morgan fingerprint density at radius 1 is 0.962 bits per heavy atom. The van der Waals surface area contributed by atoms with Gasteiger partial charge in [-0.2, -0.15) is 0 Å². The third kappa shape index (κ3) is 3.83. The second-order valence-electron chi connectivity index (χ2n) is 5.63. The maximum absolute atomic E-state index is 13.7. The number of amides is 1. The third-order valence-electron chi connectivity index (χ3n) is 3.59. The number of rotatable bonds is 4. The third-order valence-corrected chi connectivity index (χ3v) is 3.59. The SMILES string of the molecule is Cc1cccc(Nc2cncc(C(=O)Nc3ccc(F)c(F)c3F)c2)c1. The second kappa shape index (κ2) is 7.26. The molecule has 26 heavy (non-hydrogen) atoms. The van der Waals surface area contributed by atoms with Crippen LogP contribution in [0.15, 0.2) is 54.9 Å². The summed E-state index contributed by atoms with van der Waals surface area (Å²) in [5.74, 6) is -5.13. The van der Waals surface area contributed by atoms with Gasteiger partial charge in [-0.3, -0.25) is 9.78 Å². The number of aryl methyl sites for hydroxylation is 1. The predicted octanol–water partition coefficient (Wildman–Crippen LogP) is 4.80. The number of aromatic nitrogens is 1. The summed E-state index contributed by atoms with van der Waals surface area (Å²) >= 11 is 0. The molecule has 4 nitrogen and oxygen atoms in total. The first kappa shape index (κ1) is 17.5. The fraction of sp³-hybridized carbons (Fsp3) is 0.0526. The van der Waals surface area contributed by atoms with E-state index in [0.29, 0.717) is 5.69 Å². The number of hydrogen-bond acceptors (Lipinski definition) is 3. The van der Waals surface area contributed by atoms with Crippen LogP contribution in [0.4, 0.5) is 30.2 Å². The molecule has 1 aromatic heterocycles. The zero-order valence-corrected chi connectivity index (χ0v) is 13.7. The number of pyridine rings is 1. The highest BCUT2D eigenvalue weighted by molar-refractivity contribution is 6.04. The van der Waals surface area contributed by atoms with Gasteiger partial charge in [0, 0.05) is 11.9 Å². The molecule has 0 spiro atoms. The van der Waals surface area contributed by atoms with Gasteiger partial charge in [-0.25, -0.2) is 13.2 Å². The summed E-state index contributed by atoms with van der Waals surface area (Å²) in [7, 11) is 0. The molecule has 132 valence electrons. The highest BCUT2D eigenvalue weighted by Crippen LogP contribution is 2.21. The highest BCUT2D eigenvalue weighted by atomic mass is 19.2. The van der Waals surface area contributed by atoms with Crippen LogP contribution in [0.1, 0.15) is 15.9 Å². The number of halogens is 3. The Kier molecular flexibility index (Phi) is 4.88. The molecule has 0 aliphatic carbocycles. The number of hydrogen-bond donors (Lipinski definition) is 2. The average molecular weight is 357 g/mol. The predicted molar refractivity (Wildman–Crippen MR) is 93.0 cm³/mol. The standard InChI is InChI=1S/C19H14F3N3O/c1-11-3-2-4-13(7-11)24-14-8-12(9-23-10-14)19(26)25-16-6-5-15(20)17(21)18(16)22/h2-10,24H,1H3,(H,25,26). The molecular weight excluding hydrogens is 343 g/mol. The summed E-state index contributed by atoms with van der Waals surface area (Å²) in [5, 5.41) is 5.31. The van der Waals surface area contributed by atoms with Crippen molar-refractivity contribution in [2.75, 3.05) is 10.6 Å². The monoisotopic (exact) mass is 357 g/mol. The van der Waals surface area contributed by atoms with E-state index in [4.69, 9.17) is 0 Å². The quantitative estimate of drug-likeness (QED) is 0.659. The minimum Gasteiger partial charge on any atom is -0.354 e. The summed E-state index contributed by atoms with van der Waals surface area (Å²) in [5.41, 5.74) is 2.11. The molecule has 0 radical (unpaired) electrons. The Balaban J connectivity index is 1.79. The Morgan fingerprint density at radius 3 is 2.54 bits per heavy atom. The maximum Gasteiger partial charge on any atom is 0.257 e. The minimum atomic E-state index is -1.64. The van der Waals surface area contributed by atoms with Crippen LogP contribution in [0, 0.1) is 24.4 Å². The van der Waals surface area contributed by atoms with E-state index >= 15 is 0 Å². The van der Waals surface area contributed by atoms with E-state index in [1.54, 1.807) is 0 Å². The van der Waals surface area contributed by atoms with Crippen molar-refractivity contribution in [2.24, 2.45) is 0 Å². The summed E-state index contributed by atoms with van der Waals surface area (Å²) in [4.78, 5) is 16.2. The van der Waals surface area contributed by atoms with Crippen LogP contribution in [0.25, 0.3) is 0 Å². The van der Waals surface area contributed by atoms with E-state index in [1.165, 1.54) is 18.5 Å². The summed E-state index contributed by atoms with van der Waals surface area (Å²) in [6.07, 6.45) is 2.81. The van der Waals surface area contributed by atoms with Crippen LogP contribution in [0.3, 0.4) is 0 Å². The van der Waals surface area contributed by atoms with Crippen molar-refractivity contribution in [1.82, 2.24) is 4.98 Å². The topological polar surface area (TPSA) is 54.0 Å². The fourth-order valence-electron chi connectivity index (χ4n) is 2.34. The van der Waals surface area contributed by atoms with E-state index in [2.05, 4.69) is 15.6 Å². The van der Waals surface area contributed by atoms with Crippen molar-refractivity contribution >= 4 is 23.0 Å². The van der Waals surface area contributed by atoms with Gasteiger partial charge < -0.3 is 10.6 Å². The van der Waals surface area contributed by atoms with Gasteiger partial charge in [-0.05, 0) is 42.8 Å². The van der Waals surface area contributed by atoms with Crippen LogP contribution >= 0.6 is 0 Å². The number of nitrogens with one attached hydrogen (secondary N) is 2. The average Bonchev–Trinajstić information content (AvgIpc) is 2.62. The molecule has 2 aromatic carbocycles. The number of carbonyl (C=O) groups excluding carboxylic acids is 1. The van der Waals surface area contributed by atoms with E-state index in [1.807, 2.05) is 31.2 Å². The van der Waals surface area contributed by atoms with Crippen molar-refractivity contribution in [1.29, 1.82) is 0 Å². The number of anilines is 3. The van der Waals surface area contributed by atoms with Gasteiger partial charge in [0.25, 0.3) is 5.91 Å². The largest absolute Gasteiger partial charge is 0.354 e. The molecule has 7 heteroatoms. The van der Waals surface area contributed by atoms with Gasteiger partial charge in [0.05, 0.1) is 23.1 Å². The van der Waals surface area contributed by atoms with Crippen LogP contribution < -0.4 is 10.6 Å². The van der Waals surface area contributed by atoms with Crippen molar-refractivity contribution in [3.8, 4) is 0 Å². The van der Waals surface area contributed by atoms with E-state index in [9.17, 15) is 18.0 Å². The molecule has 0 bridgehead atoms. The molecule has 0 aliphatic heterocycles. The van der Waals surface area contributed by atoms with E-state index in [-0.39, 0.29) is 5.56 Å². The van der Waals surface area contributed by atoms with Gasteiger partial charge in [-0.15, -0.1) is 0 Å². The minimum absolute atomic E-state index is 0.131. The van der Waals surface area contributed by atoms with Crippen molar-refractivity contribution in [3.05, 3.63) is 83.4 Å². The lowest BCUT2D eigenvalue weighted by Gasteiger charge is -2.10. The van der Waals surface area contributed by atoms with E-state index < -0.39 is 29.0 Å². The first-order valence-corrected chi connectivity index (χ1v) is 7.67. The molecule has 0 atom stereocenters. The van der Waals surface area contributed by atoms with Crippen molar-refractivity contribution in [3.63, 3.8) is 0 Å². The summed E-state index contributed by atoms with van der Waals surface area (Å²) < 4.78 is 39.9. The van der Waals surface area contributed by atoms with Gasteiger partial charge in [0.2, 0.25) is 0 Å². The molecule has 0 saturated carbocycles. The molecular formula is C19H14F3N3O. The normalized spacial score (nSPS) is 10.5. The lowest BCUT2D eigenvalue weighted by molar-refractivity contribution is 0.102. The first-order chi connectivity index (χ1) is 12.4. The van der Waals surface area contributed by atoms with Gasteiger partial charge >= 0.3 is 0 Å². The molecule has 0 unspecified atom stereocenters. The number of benzene rings is 2. The zero-order valence-electron chi connectivity index (χ0n) is 13.7. The summed E-state index contributed by atoms with van der Waals surface area (Å²) in [6.45, 7) is 1.95. The number of nitrogens with zero attached hydrogens (tertiary/aromatic N) is 1. The van der Waals surface area contributed by atoms with Crippen LogP contribution in [0.5, 0.6) is 0 Å². The molecule has 2 N–H and O–H groups in total. The van der Waals surface area contributed by atoms with Crippen LogP contribution in [-0.2, 0) is 0 Å². The Morgan fingerprint density at radius 2 is 1.77 bits per heavy atom. The second-order valence-corrected chi connectivity index (χ2v) is 5.63. The maximum atomic E-state index is 13.7. The fourth-order valence-corrected chi connectivity index (χ4v) is 2.34. The van der Waals surface area contributed by atoms with Crippen molar-refractivity contribution < 1.29 is 18.0 Å². The Bertz CT molecular complexity index is 976. The van der Waals surface area contributed by atoms with Crippen LogP contribution in [-0.4, -0.2) is 10.9 Å². The zero-order chi connectivity index (χ0) is 18.7. The number of carbonyl (C=O) groups is 1. The van der Waals surface area contributed by atoms with E-state index in [0.717, 1.165) is 23.4 Å². The van der Waals surface area contributed by atoms with Gasteiger partial charge in [-0.1, -0.05) is 12.1 Å². The Labute approximate surface area is 147 Å². The molecule has 3 rings (SSSR count). The highest BCUT2D eigenvalue weighted by Gasteiger charge is 2.16. The first-order valence-electron chi connectivity index (χ1n) is 7.67.